The van der Waals surface area contributed by atoms with Crippen molar-refractivity contribution < 1.29 is 9.53 Å². The summed E-state index contributed by atoms with van der Waals surface area (Å²) in [5.41, 5.74) is 6.33. The molecule has 0 aliphatic carbocycles. The number of ether oxygens (including phenoxy) is 1. The molecular formula is C25H25N5O2S. The number of para-hydroxylation sites is 1. The molecule has 1 aromatic carbocycles. The molecule has 7 nitrogen and oxygen atoms in total. The molecule has 0 radical (unpaired) electrons. The smallest absolute Gasteiger partial charge is 0.283 e. The summed E-state index contributed by atoms with van der Waals surface area (Å²) >= 11 is 1.56. The van der Waals surface area contributed by atoms with Crippen molar-refractivity contribution in [2.75, 3.05) is 0 Å². The molecule has 8 heteroatoms. The van der Waals surface area contributed by atoms with E-state index in [2.05, 4.69) is 20.9 Å². The van der Waals surface area contributed by atoms with E-state index in [1.165, 1.54) is 6.33 Å². The minimum Gasteiger partial charge on any atom is -0.458 e. The van der Waals surface area contributed by atoms with Crippen LogP contribution in [0.3, 0.4) is 0 Å². The Labute approximate surface area is 196 Å². The second-order valence-corrected chi connectivity index (χ2v) is 8.62. The first-order chi connectivity index (χ1) is 16.2. The standard InChI is InChI=1S/C25H25N5O2S/c1-2-3-4-5-6-10-15-25(24(26)31,32-19-12-8-7-9-13-19)30-18-29-22-21(20-14-11-16-33-20)27-17-28-23(22)30/h1,7-9,11-14,16-18H,3-6,10,15H2,(H2,26,31). The monoisotopic (exact) mass is 459 g/mol. The summed E-state index contributed by atoms with van der Waals surface area (Å²) in [6.07, 6.45) is 13.1. The third kappa shape index (κ3) is 4.73. The topological polar surface area (TPSA) is 95.9 Å². The average Bonchev–Trinajstić information content (AvgIpc) is 3.51. The van der Waals surface area contributed by atoms with Gasteiger partial charge in [0, 0.05) is 12.8 Å². The van der Waals surface area contributed by atoms with Gasteiger partial charge in [0.1, 0.15) is 29.6 Å². The Morgan fingerprint density at radius 1 is 1.09 bits per heavy atom. The molecule has 0 aliphatic rings. The summed E-state index contributed by atoms with van der Waals surface area (Å²) in [5.74, 6) is 2.59. The number of nitrogens with zero attached hydrogens (tertiary/aromatic N) is 4. The number of carbonyl (C=O) groups excluding carboxylic acids is 1. The minimum atomic E-state index is -1.48. The van der Waals surface area contributed by atoms with Crippen LogP contribution in [0.2, 0.25) is 0 Å². The van der Waals surface area contributed by atoms with Gasteiger partial charge in [-0.25, -0.2) is 15.0 Å². The van der Waals surface area contributed by atoms with Crippen LogP contribution >= 0.6 is 11.3 Å². The number of imidazole rings is 1. The van der Waals surface area contributed by atoms with Gasteiger partial charge < -0.3 is 10.5 Å². The normalized spacial score (nSPS) is 12.8. The van der Waals surface area contributed by atoms with E-state index in [1.807, 2.05) is 35.7 Å². The highest BCUT2D eigenvalue weighted by Crippen LogP contribution is 2.34. The lowest BCUT2D eigenvalue weighted by atomic mass is 10.0. The molecule has 1 amide bonds. The van der Waals surface area contributed by atoms with Crippen LogP contribution in [0.4, 0.5) is 0 Å². The lowest BCUT2D eigenvalue weighted by Gasteiger charge is -2.33. The fourth-order valence-corrected chi connectivity index (χ4v) is 4.56. The molecule has 0 saturated heterocycles. The van der Waals surface area contributed by atoms with Gasteiger partial charge in [-0.3, -0.25) is 9.36 Å². The number of thiophene rings is 1. The van der Waals surface area contributed by atoms with Crippen molar-refractivity contribution in [3.63, 3.8) is 0 Å². The second-order valence-electron chi connectivity index (χ2n) is 7.67. The molecule has 33 heavy (non-hydrogen) atoms. The number of benzene rings is 1. The fraction of sp³-hybridized carbons (Fsp3) is 0.280. The highest BCUT2D eigenvalue weighted by Gasteiger charge is 2.42. The zero-order chi connectivity index (χ0) is 23.1. The molecule has 4 rings (SSSR count). The number of carbonyl (C=O) groups is 1. The van der Waals surface area contributed by atoms with Gasteiger partial charge >= 0.3 is 0 Å². The molecule has 4 aromatic rings. The molecule has 2 N–H and O–H groups in total. The minimum absolute atomic E-state index is 0.372. The van der Waals surface area contributed by atoms with Gasteiger partial charge in [0.2, 0.25) is 0 Å². The molecule has 3 aromatic heterocycles. The number of unbranched alkanes of at least 4 members (excludes halogenated alkanes) is 4. The summed E-state index contributed by atoms with van der Waals surface area (Å²) in [6, 6.07) is 13.1. The van der Waals surface area contributed by atoms with Crippen LogP contribution in [0.5, 0.6) is 5.75 Å². The van der Waals surface area contributed by atoms with Crippen LogP contribution in [-0.4, -0.2) is 25.4 Å². The van der Waals surface area contributed by atoms with Gasteiger partial charge in [-0.05, 0) is 36.4 Å². The molecule has 0 spiro atoms. The molecule has 0 fully saturated rings. The summed E-state index contributed by atoms with van der Waals surface area (Å²) < 4.78 is 7.98. The van der Waals surface area contributed by atoms with E-state index in [0.29, 0.717) is 29.0 Å². The first-order valence-electron chi connectivity index (χ1n) is 10.9. The van der Waals surface area contributed by atoms with E-state index in [9.17, 15) is 4.79 Å². The second kappa shape index (κ2) is 10.3. The highest BCUT2D eigenvalue weighted by atomic mass is 32.1. The predicted octanol–water partition coefficient (Wildman–Crippen LogP) is 4.75. The van der Waals surface area contributed by atoms with Gasteiger partial charge in [-0.2, -0.15) is 0 Å². The maximum absolute atomic E-state index is 13.0. The molecule has 1 atom stereocenters. The van der Waals surface area contributed by atoms with Crippen molar-refractivity contribution in [1.29, 1.82) is 0 Å². The fourth-order valence-electron chi connectivity index (χ4n) is 3.83. The van der Waals surface area contributed by atoms with Crippen molar-refractivity contribution in [3.05, 3.63) is 60.5 Å². The lowest BCUT2D eigenvalue weighted by molar-refractivity contribution is -0.143. The number of rotatable bonds is 11. The summed E-state index contributed by atoms with van der Waals surface area (Å²) in [7, 11) is 0. The third-order valence-electron chi connectivity index (χ3n) is 5.48. The summed E-state index contributed by atoms with van der Waals surface area (Å²) in [4.78, 5) is 27.4. The van der Waals surface area contributed by atoms with E-state index >= 15 is 0 Å². The van der Waals surface area contributed by atoms with Crippen LogP contribution in [-0.2, 0) is 10.5 Å². The maximum atomic E-state index is 13.0. The first kappa shape index (κ1) is 22.5. The van der Waals surface area contributed by atoms with Crippen LogP contribution < -0.4 is 10.5 Å². The number of aromatic nitrogens is 4. The molecular weight excluding hydrogens is 434 g/mol. The largest absolute Gasteiger partial charge is 0.458 e. The highest BCUT2D eigenvalue weighted by molar-refractivity contribution is 7.13. The Hall–Kier alpha value is -3.70. The van der Waals surface area contributed by atoms with Crippen molar-refractivity contribution in [2.45, 2.75) is 44.2 Å². The van der Waals surface area contributed by atoms with Gasteiger partial charge in [-0.15, -0.1) is 23.7 Å². The zero-order valence-corrected chi connectivity index (χ0v) is 19.0. The first-order valence-corrected chi connectivity index (χ1v) is 11.7. The average molecular weight is 460 g/mol. The van der Waals surface area contributed by atoms with Gasteiger partial charge in [-0.1, -0.05) is 37.1 Å². The van der Waals surface area contributed by atoms with Crippen LogP contribution in [0.15, 0.2) is 60.5 Å². The quantitative estimate of drug-likeness (QED) is 0.258. The SMILES string of the molecule is C#CCCCCCCC(Oc1ccccc1)(C(N)=O)n1cnc2c(-c3cccs3)ncnc21. The number of nitrogens with two attached hydrogens (primary N) is 1. The van der Waals surface area contributed by atoms with Crippen molar-refractivity contribution in [1.82, 2.24) is 19.5 Å². The number of fused-ring (bicyclic) bond motifs is 1. The number of terminal acetylenes is 1. The lowest BCUT2D eigenvalue weighted by Crippen LogP contribution is -2.51. The van der Waals surface area contributed by atoms with Gasteiger partial charge in [0.05, 0.1) is 4.88 Å². The van der Waals surface area contributed by atoms with Crippen molar-refractivity contribution in [3.8, 4) is 28.7 Å². The van der Waals surface area contributed by atoms with E-state index in [0.717, 1.165) is 37.0 Å². The molecule has 0 aliphatic heterocycles. The van der Waals surface area contributed by atoms with Crippen LogP contribution in [0.25, 0.3) is 21.7 Å². The summed E-state index contributed by atoms with van der Waals surface area (Å²) in [6.45, 7) is 0. The van der Waals surface area contributed by atoms with Gasteiger partial charge in [0.15, 0.2) is 5.65 Å². The van der Waals surface area contributed by atoms with E-state index < -0.39 is 11.6 Å². The molecule has 168 valence electrons. The Morgan fingerprint density at radius 3 is 2.64 bits per heavy atom. The molecule has 1 unspecified atom stereocenters. The maximum Gasteiger partial charge on any atom is 0.283 e. The molecule has 3 heterocycles. The van der Waals surface area contributed by atoms with E-state index in [4.69, 9.17) is 16.9 Å². The molecule has 0 saturated carbocycles. The Kier molecular flexibility index (Phi) is 7.01. The molecule has 0 bridgehead atoms. The van der Waals surface area contributed by atoms with Gasteiger partial charge in [0.25, 0.3) is 11.6 Å². The van der Waals surface area contributed by atoms with E-state index in [1.54, 1.807) is 34.4 Å². The van der Waals surface area contributed by atoms with E-state index in [-0.39, 0.29) is 0 Å². The predicted molar refractivity (Wildman–Crippen MR) is 129 cm³/mol. The van der Waals surface area contributed by atoms with Crippen LogP contribution in [0, 0.1) is 12.3 Å². The Balaban J connectivity index is 1.75. The Morgan fingerprint density at radius 2 is 1.91 bits per heavy atom. The van der Waals surface area contributed by atoms with Crippen molar-refractivity contribution >= 4 is 28.4 Å². The summed E-state index contributed by atoms with van der Waals surface area (Å²) in [5, 5.41) is 1.98. The number of amides is 1. The number of hydrogen-bond donors (Lipinski definition) is 1. The van der Waals surface area contributed by atoms with Crippen molar-refractivity contribution in [2.24, 2.45) is 5.73 Å². The number of primary amides is 1. The van der Waals surface area contributed by atoms with Crippen LogP contribution in [0.1, 0.15) is 38.5 Å². The Bertz CT molecular complexity index is 1250. The third-order valence-corrected chi connectivity index (χ3v) is 6.36. The number of hydrogen-bond acceptors (Lipinski definition) is 6. The zero-order valence-electron chi connectivity index (χ0n) is 18.2.